The van der Waals surface area contributed by atoms with Crippen LogP contribution in [0.3, 0.4) is 0 Å². The normalized spacial score (nSPS) is 18.5. The van der Waals surface area contributed by atoms with Crippen LogP contribution in [0, 0.1) is 0 Å². The van der Waals surface area contributed by atoms with Gasteiger partial charge in [0, 0.05) is 37.5 Å². The lowest BCUT2D eigenvalue weighted by molar-refractivity contribution is -0.136. The molecule has 30 heavy (non-hydrogen) atoms. The Bertz CT molecular complexity index is 1140. The lowest BCUT2D eigenvalue weighted by Crippen LogP contribution is -2.52. The minimum Gasteiger partial charge on any atom is -0.333 e. The molecule has 2 aliphatic rings. The predicted molar refractivity (Wildman–Crippen MR) is 109 cm³/mol. The van der Waals surface area contributed by atoms with Crippen molar-refractivity contribution in [2.75, 3.05) is 0 Å². The first-order chi connectivity index (χ1) is 14.6. The summed E-state index contributed by atoms with van der Waals surface area (Å²) in [6.07, 6.45) is 6.08. The highest BCUT2D eigenvalue weighted by Crippen LogP contribution is 2.34. The highest BCUT2D eigenvalue weighted by molar-refractivity contribution is 6.06. The Hall–Kier alpha value is -3.74. The van der Waals surface area contributed by atoms with Gasteiger partial charge in [-0.25, -0.2) is 4.98 Å². The van der Waals surface area contributed by atoms with Crippen molar-refractivity contribution in [3.63, 3.8) is 0 Å². The molecule has 0 spiro atoms. The van der Waals surface area contributed by atoms with E-state index in [1.165, 1.54) is 0 Å². The van der Waals surface area contributed by atoms with E-state index in [2.05, 4.69) is 34.6 Å². The Morgan fingerprint density at radius 1 is 1.03 bits per heavy atom. The number of imidazole rings is 1. The summed E-state index contributed by atoms with van der Waals surface area (Å²) in [5.41, 5.74) is 4.73. The Morgan fingerprint density at radius 2 is 1.83 bits per heavy atom. The zero-order chi connectivity index (χ0) is 20.7. The van der Waals surface area contributed by atoms with Crippen molar-refractivity contribution in [3.05, 3.63) is 77.9 Å². The van der Waals surface area contributed by atoms with Crippen molar-refractivity contribution in [1.29, 1.82) is 0 Å². The second-order valence-corrected chi connectivity index (χ2v) is 7.66. The molecule has 7 nitrogen and oxygen atoms in total. The van der Waals surface area contributed by atoms with E-state index in [1.54, 1.807) is 23.5 Å². The summed E-state index contributed by atoms with van der Waals surface area (Å²) in [7, 11) is 0. The van der Waals surface area contributed by atoms with Gasteiger partial charge in [-0.2, -0.15) is 0 Å². The van der Waals surface area contributed by atoms with E-state index in [9.17, 15) is 14.4 Å². The van der Waals surface area contributed by atoms with Crippen LogP contribution < -0.4 is 5.32 Å². The SMILES string of the molecule is O=C1CCC(N2Cc3c(cccc3-c3ccc(Cn4ccnc4)cc3)C2=O)C(=O)N1. The Balaban J connectivity index is 1.41. The molecule has 2 aliphatic heterocycles. The number of hydrogen-bond donors (Lipinski definition) is 1. The lowest BCUT2D eigenvalue weighted by Gasteiger charge is -2.29. The maximum Gasteiger partial charge on any atom is 0.255 e. The summed E-state index contributed by atoms with van der Waals surface area (Å²) in [6.45, 7) is 1.11. The average molecular weight is 400 g/mol. The van der Waals surface area contributed by atoms with Crippen molar-refractivity contribution in [3.8, 4) is 11.1 Å². The van der Waals surface area contributed by atoms with Gasteiger partial charge in [0.05, 0.1) is 6.33 Å². The molecule has 150 valence electrons. The Kier molecular flexibility index (Phi) is 4.43. The third-order valence-corrected chi connectivity index (χ3v) is 5.77. The van der Waals surface area contributed by atoms with Crippen molar-refractivity contribution >= 4 is 17.7 Å². The molecule has 2 aromatic carbocycles. The number of carbonyl (C=O) groups excluding carboxylic acids is 3. The van der Waals surface area contributed by atoms with Crippen molar-refractivity contribution in [2.24, 2.45) is 0 Å². The predicted octanol–water partition coefficient (Wildman–Crippen LogP) is 2.36. The van der Waals surface area contributed by atoms with Crippen molar-refractivity contribution in [2.45, 2.75) is 32.0 Å². The van der Waals surface area contributed by atoms with E-state index in [0.717, 1.165) is 28.8 Å². The van der Waals surface area contributed by atoms with Crippen LogP contribution in [-0.4, -0.2) is 38.2 Å². The summed E-state index contributed by atoms with van der Waals surface area (Å²) in [5.74, 6) is -0.826. The first-order valence-electron chi connectivity index (χ1n) is 9.92. The molecule has 0 radical (unpaired) electrons. The molecule has 3 heterocycles. The number of benzene rings is 2. The highest BCUT2D eigenvalue weighted by Gasteiger charge is 2.39. The Morgan fingerprint density at radius 3 is 2.57 bits per heavy atom. The lowest BCUT2D eigenvalue weighted by atomic mass is 9.96. The first-order valence-corrected chi connectivity index (χ1v) is 9.92. The van der Waals surface area contributed by atoms with Crippen LogP contribution in [0.4, 0.5) is 0 Å². The molecular weight excluding hydrogens is 380 g/mol. The van der Waals surface area contributed by atoms with Crippen LogP contribution >= 0.6 is 0 Å². The molecule has 0 bridgehead atoms. The maximum atomic E-state index is 13.0. The number of carbonyl (C=O) groups is 3. The van der Waals surface area contributed by atoms with Crippen LogP contribution in [0.15, 0.2) is 61.2 Å². The third kappa shape index (κ3) is 3.18. The molecule has 1 fully saturated rings. The standard InChI is InChI=1S/C23H20N4O3/c28-21-9-8-20(22(29)25-21)27-13-19-17(2-1-3-18(19)23(27)30)16-6-4-15(5-7-16)12-26-11-10-24-14-26/h1-7,10-11,14,20H,8-9,12-13H2,(H,25,28,29). The average Bonchev–Trinajstić information content (AvgIpc) is 3.37. The van der Waals surface area contributed by atoms with Crippen LogP contribution in [0.1, 0.15) is 34.3 Å². The van der Waals surface area contributed by atoms with Gasteiger partial charge in [-0.1, -0.05) is 36.4 Å². The minimum absolute atomic E-state index is 0.155. The molecule has 7 heteroatoms. The van der Waals surface area contributed by atoms with Gasteiger partial charge in [-0.05, 0) is 34.7 Å². The van der Waals surface area contributed by atoms with Crippen molar-refractivity contribution in [1.82, 2.24) is 19.8 Å². The third-order valence-electron chi connectivity index (χ3n) is 5.77. The quantitative estimate of drug-likeness (QED) is 0.682. The number of fused-ring (bicyclic) bond motifs is 1. The molecule has 1 N–H and O–H groups in total. The van der Waals surface area contributed by atoms with Gasteiger partial charge in [-0.15, -0.1) is 0 Å². The summed E-state index contributed by atoms with van der Waals surface area (Å²) in [6, 6.07) is 13.3. The summed E-state index contributed by atoms with van der Waals surface area (Å²) in [4.78, 5) is 42.4. The summed E-state index contributed by atoms with van der Waals surface area (Å²) >= 11 is 0. The molecule has 0 aliphatic carbocycles. The molecule has 1 atom stereocenters. The van der Waals surface area contributed by atoms with E-state index >= 15 is 0 Å². The van der Waals surface area contributed by atoms with Crippen LogP contribution in [0.2, 0.25) is 0 Å². The largest absolute Gasteiger partial charge is 0.333 e. The number of hydrogen-bond acceptors (Lipinski definition) is 4. The number of nitrogens with one attached hydrogen (secondary N) is 1. The smallest absolute Gasteiger partial charge is 0.255 e. The molecule has 0 saturated carbocycles. The number of rotatable bonds is 4. The van der Waals surface area contributed by atoms with E-state index in [-0.39, 0.29) is 18.2 Å². The maximum absolute atomic E-state index is 13.0. The fraction of sp³-hybridized carbons (Fsp3) is 0.217. The van der Waals surface area contributed by atoms with Gasteiger partial charge in [0.15, 0.2) is 0 Å². The van der Waals surface area contributed by atoms with Crippen LogP contribution in [-0.2, 0) is 22.7 Å². The van der Waals surface area contributed by atoms with Gasteiger partial charge in [0.25, 0.3) is 5.91 Å². The fourth-order valence-electron chi connectivity index (χ4n) is 4.24. The molecule has 1 unspecified atom stereocenters. The molecule has 3 aromatic rings. The van der Waals surface area contributed by atoms with Crippen LogP contribution in [0.5, 0.6) is 0 Å². The van der Waals surface area contributed by atoms with Crippen molar-refractivity contribution < 1.29 is 14.4 Å². The molecule has 5 rings (SSSR count). The molecule has 3 amide bonds. The molecule has 1 saturated heterocycles. The first kappa shape index (κ1) is 18.3. The number of piperidine rings is 1. The number of aromatic nitrogens is 2. The van der Waals surface area contributed by atoms with Crippen LogP contribution in [0.25, 0.3) is 11.1 Å². The molecular formula is C23H20N4O3. The highest BCUT2D eigenvalue weighted by atomic mass is 16.2. The van der Waals surface area contributed by atoms with E-state index < -0.39 is 11.9 Å². The summed E-state index contributed by atoms with van der Waals surface area (Å²) in [5, 5.41) is 2.35. The number of amides is 3. The zero-order valence-corrected chi connectivity index (χ0v) is 16.2. The van der Waals surface area contributed by atoms with E-state index in [4.69, 9.17) is 0 Å². The molecule has 1 aromatic heterocycles. The zero-order valence-electron chi connectivity index (χ0n) is 16.2. The monoisotopic (exact) mass is 400 g/mol. The van der Waals surface area contributed by atoms with Gasteiger partial charge >= 0.3 is 0 Å². The van der Waals surface area contributed by atoms with Gasteiger partial charge in [0.1, 0.15) is 6.04 Å². The van der Waals surface area contributed by atoms with Gasteiger partial charge < -0.3 is 9.47 Å². The number of imide groups is 1. The summed E-state index contributed by atoms with van der Waals surface area (Å²) < 4.78 is 2.01. The van der Waals surface area contributed by atoms with E-state index in [1.807, 2.05) is 22.9 Å². The Labute approximate surface area is 173 Å². The second-order valence-electron chi connectivity index (χ2n) is 7.66. The topological polar surface area (TPSA) is 84.3 Å². The minimum atomic E-state index is -0.604. The van der Waals surface area contributed by atoms with E-state index in [0.29, 0.717) is 18.5 Å². The second kappa shape index (κ2) is 7.26. The van der Waals surface area contributed by atoms with Gasteiger partial charge in [0.2, 0.25) is 11.8 Å². The van der Waals surface area contributed by atoms with Gasteiger partial charge in [-0.3, -0.25) is 19.7 Å². The fourth-order valence-corrected chi connectivity index (χ4v) is 4.24. The number of nitrogens with zero attached hydrogens (tertiary/aromatic N) is 3.